The standard InChI is InChI=1S/C14H15FN4/c1-2-6-19-14(17)12(9-16)13(18-19)8-10-4-3-5-11(15)7-10/h3-5,7H,2,6,8,17H2,1H3. The Labute approximate surface area is 111 Å². The summed E-state index contributed by atoms with van der Waals surface area (Å²) in [6.07, 6.45) is 1.29. The first-order chi connectivity index (χ1) is 9.15. The molecule has 4 nitrogen and oxygen atoms in total. The van der Waals surface area contributed by atoms with Crippen LogP contribution >= 0.6 is 0 Å². The number of aromatic nitrogens is 2. The molecule has 0 radical (unpaired) electrons. The molecule has 1 aromatic heterocycles. The van der Waals surface area contributed by atoms with Gasteiger partial charge in [-0.3, -0.25) is 0 Å². The van der Waals surface area contributed by atoms with Crippen LogP contribution < -0.4 is 5.73 Å². The van der Waals surface area contributed by atoms with Crippen LogP contribution in [0.25, 0.3) is 0 Å². The van der Waals surface area contributed by atoms with Gasteiger partial charge in [0.1, 0.15) is 23.3 Å². The number of benzene rings is 1. The maximum atomic E-state index is 13.1. The Morgan fingerprint density at radius 1 is 1.47 bits per heavy atom. The third kappa shape index (κ3) is 2.74. The van der Waals surface area contributed by atoms with E-state index in [2.05, 4.69) is 11.2 Å². The van der Waals surface area contributed by atoms with E-state index in [4.69, 9.17) is 11.0 Å². The van der Waals surface area contributed by atoms with Crippen molar-refractivity contribution in [2.24, 2.45) is 0 Å². The van der Waals surface area contributed by atoms with E-state index in [-0.39, 0.29) is 5.82 Å². The average Bonchev–Trinajstić information content (AvgIpc) is 2.66. The van der Waals surface area contributed by atoms with E-state index in [1.165, 1.54) is 12.1 Å². The van der Waals surface area contributed by atoms with Gasteiger partial charge in [0.25, 0.3) is 0 Å². The number of aryl methyl sites for hydroxylation is 1. The first kappa shape index (κ1) is 13.1. The molecule has 2 N–H and O–H groups in total. The van der Waals surface area contributed by atoms with Crippen LogP contribution in [0.2, 0.25) is 0 Å². The fourth-order valence-corrected chi connectivity index (χ4v) is 1.99. The fraction of sp³-hybridized carbons (Fsp3) is 0.286. The van der Waals surface area contributed by atoms with E-state index in [1.54, 1.807) is 16.8 Å². The van der Waals surface area contributed by atoms with Crippen molar-refractivity contribution >= 4 is 5.82 Å². The summed E-state index contributed by atoms with van der Waals surface area (Å²) in [6, 6.07) is 8.35. The van der Waals surface area contributed by atoms with Gasteiger partial charge in [-0.2, -0.15) is 10.4 Å². The summed E-state index contributed by atoms with van der Waals surface area (Å²) in [7, 11) is 0. The minimum Gasteiger partial charge on any atom is -0.383 e. The number of hydrogen-bond acceptors (Lipinski definition) is 3. The zero-order valence-corrected chi connectivity index (χ0v) is 10.7. The number of nitrogens with zero attached hydrogens (tertiary/aromatic N) is 3. The molecule has 0 aliphatic heterocycles. The monoisotopic (exact) mass is 258 g/mol. The molecule has 0 amide bonds. The molecular formula is C14H15FN4. The zero-order valence-electron chi connectivity index (χ0n) is 10.7. The van der Waals surface area contributed by atoms with Crippen molar-refractivity contribution in [3.63, 3.8) is 0 Å². The Morgan fingerprint density at radius 2 is 2.26 bits per heavy atom. The van der Waals surface area contributed by atoms with E-state index in [1.807, 2.05) is 6.92 Å². The summed E-state index contributed by atoms with van der Waals surface area (Å²) in [5, 5.41) is 13.5. The second-order valence-corrected chi connectivity index (χ2v) is 4.35. The molecule has 0 unspecified atom stereocenters. The van der Waals surface area contributed by atoms with Crippen molar-refractivity contribution in [3.05, 3.63) is 46.9 Å². The largest absolute Gasteiger partial charge is 0.383 e. The van der Waals surface area contributed by atoms with Crippen molar-refractivity contribution in [2.45, 2.75) is 26.3 Å². The van der Waals surface area contributed by atoms with Gasteiger partial charge in [-0.15, -0.1) is 0 Å². The quantitative estimate of drug-likeness (QED) is 0.916. The van der Waals surface area contributed by atoms with Gasteiger partial charge in [-0.05, 0) is 24.1 Å². The lowest BCUT2D eigenvalue weighted by molar-refractivity contribution is 0.603. The Hall–Kier alpha value is -2.35. The summed E-state index contributed by atoms with van der Waals surface area (Å²) in [5.74, 6) is 0.0905. The van der Waals surface area contributed by atoms with Crippen molar-refractivity contribution in [1.29, 1.82) is 5.26 Å². The van der Waals surface area contributed by atoms with E-state index >= 15 is 0 Å². The van der Waals surface area contributed by atoms with Crippen LogP contribution in [0.4, 0.5) is 10.2 Å². The Morgan fingerprint density at radius 3 is 2.89 bits per heavy atom. The average molecular weight is 258 g/mol. The van der Waals surface area contributed by atoms with Crippen molar-refractivity contribution in [1.82, 2.24) is 9.78 Å². The maximum Gasteiger partial charge on any atom is 0.140 e. The summed E-state index contributed by atoms with van der Waals surface area (Å²) in [5.41, 5.74) is 7.65. The van der Waals surface area contributed by atoms with Crippen molar-refractivity contribution in [2.75, 3.05) is 5.73 Å². The van der Waals surface area contributed by atoms with E-state index in [0.29, 0.717) is 30.0 Å². The lowest BCUT2D eigenvalue weighted by atomic mass is 10.1. The SMILES string of the molecule is CCCn1nc(Cc2cccc(F)c2)c(C#N)c1N. The third-order valence-corrected chi connectivity index (χ3v) is 2.87. The van der Waals surface area contributed by atoms with Crippen LogP contribution in [-0.4, -0.2) is 9.78 Å². The molecule has 1 heterocycles. The number of anilines is 1. The highest BCUT2D eigenvalue weighted by Gasteiger charge is 2.15. The normalized spacial score (nSPS) is 10.4. The van der Waals surface area contributed by atoms with Gasteiger partial charge >= 0.3 is 0 Å². The van der Waals surface area contributed by atoms with Gasteiger partial charge in [0.2, 0.25) is 0 Å². The predicted octanol–water partition coefficient (Wildman–Crippen LogP) is 2.48. The van der Waals surface area contributed by atoms with Crippen LogP contribution in [0.3, 0.4) is 0 Å². The highest BCUT2D eigenvalue weighted by molar-refractivity contribution is 5.53. The molecule has 0 saturated carbocycles. The van der Waals surface area contributed by atoms with Crippen LogP contribution in [0, 0.1) is 17.1 Å². The first-order valence-corrected chi connectivity index (χ1v) is 6.15. The van der Waals surface area contributed by atoms with Crippen molar-refractivity contribution in [3.8, 4) is 6.07 Å². The summed E-state index contributed by atoms with van der Waals surface area (Å²) < 4.78 is 14.8. The molecular weight excluding hydrogens is 243 g/mol. The van der Waals surface area contributed by atoms with Crippen LogP contribution in [0.15, 0.2) is 24.3 Å². The highest BCUT2D eigenvalue weighted by atomic mass is 19.1. The smallest absolute Gasteiger partial charge is 0.140 e. The number of halogens is 1. The molecule has 1 aromatic carbocycles. The molecule has 0 saturated heterocycles. The van der Waals surface area contributed by atoms with Gasteiger partial charge in [0.15, 0.2) is 0 Å². The molecule has 19 heavy (non-hydrogen) atoms. The van der Waals surface area contributed by atoms with Gasteiger partial charge in [-0.25, -0.2) is 9.07 Å². The lowest BCUT2D eigenvalue weighted by Crippen LogP contribution is -2.04. The number of hydrogen-bond donors (Lipinski definition) is 1. The van der Waals surface area contributed by atoms with Gasteiger partial charge in [0.05, 0.1) is 5.69 Å². The molecule has 0 spiro atoms. The van der Waals surface area contributed by atoms with E-state index < -0.39 is 0 Å². The number of nitrogens with two attached hydrogens (primary N) is 1. The first-order valence-electron chi connectivity index (χ1n) is 6.15. The Balaban J connectivity index is 2.35. The molecule has 5 heteroatoms. The Bertz CT molecular complexity index is 625. The molecule has 2 aromatic rings. The van der Waals surface area contributed by atoms with Crippen LogP contribution in [0.1, 0.15) is 30.2 Å². The molecule has 98 valence electrons. The molecule has 2 rings (SSSR count). The number of nitriles is 1. The highest BCUT2D eigenvalue weighted by Crippen LogP contribution is 2.19. The second kappa shape index (κ2) is 5.53. The molecule has 0 aliphatic rings. The van der Waals surface area contributed by atoms with Crippen LogP contribution in [0.5, 0.6) is 0 Å². The van der Waals surface area contributed by atoms with E-state index in [0.717, 1.165) is 12.0 Å². The molecule has 0 aliphatic carbocycles. The lowest BCUT2D eigenvalue weighted by Gasteiger charge is -1.99. The molecule has 0 fully saturated rings. The minimum atomic E-state index is -0.294. The summed E-state index contributed by atoms with van der Waals surface area (Å²) in [6.45, 7) is 2.68. The van der Waals surface area contributed by atoms with Crippen LogP contribution in [-0.2, 0) is 13.0 Å². The summed E-state index contributed by atoms with van der Waals surface area (Å²) in [4.78, 5) is 0. The van der Waals surface area contributed by atoms with Gasteiger partial charge < -0.3 is 5.73 Å². The minimum absolute atomic E-state index is 0.294. The number of nitrogen functional groups attached to an aromatic ring is 1. The molecule has 0 bridgehead atoms. The zero-order chi connectivity index (χ0) is 13.8. The van der Waals surface area contributed by atoms with Gasteiger partial charge in [0, 0.05) is 13.0 Å². The fourth-order valence-electron chi connectivity index (χ4n) is 1.99. The van der Waals surface area contributed by atoms with E-state index in [9.17, 15) is 4.39 Å². The van der Waals surface area contributed by atoms with Gasteiger partial charge in [-0.1, -0.05) is 19.1 Å². The third-order valence-electron chi connectivity index (χ3n) is 2.87. The number of rotatable bonds is 4. The Kier molecular flexibility index (Phi) is 3.81. The maximum absolute atomic E-state index is 13.1. The summed E-state index contributed by atoms with van der Waals surface area (Å²) >= 11 is 0. The second-order valence-electron chi connectivity index (χ2n) is 4.35. The van der Waals surface area contributed by atoms with Crippen molar-refractivity contribution < 1.29 is 4.39 Å². The predicted molar refractivity (Wildman–Crippen MR) is 70.9 cm³/mol. The topological polar surface area (TPSA) is 67.6 Å². The molecule has 0 atom stereocenters.